The van der Waals surface area contributed by atoms with Crippen LogP contribution in [0.3, 0.4) is 0 Å². The van der Waals surface area contributed by atoms with Crippen LogP contribution in [0, 0.1) is 5.92 Å². The summed E-state index contributed by atoms with van der Waals surface area (Å²) in [5.41, 5.74) is 2.92. The predicted molar refractivity (Wildman–Crippen MR) is 126 cm³/mol. The molecule has 5 rings (SSSR count). The molecule has 2 fully saturated rings. The van der Waals surface area contributed by atoms with Crippen molar-refractivity contribution in [3.05, 3.63) is 71.1 Å². The number of halogens is 1. The van der Waals surface area contributed by atoms with E-state index in [1.807, 2.05) is 42.9 Å². The molecule has 2 saturated heterocycles. The fourth-order valence-electron chi connectivity index (χ4n) is 5.47. The number of ether oxygens (including phenoxy) is 1. The first-order valence-corrected chi connectivity index (χ1v) is 12.1. The van der Waals surface area contributed by atoms with E-state index < -0.39 is 5.41 Å². The number of hydrogen-bond donors (Lipinski definition) is 0. The normalized spacial score (nSPS) is 21.4. The van der Waals surface area contributed by atoms with Crippen molar-refractivity contribution in [1.82, 2.24) is 14.3 Å². The van der Waals surface area contributed by atoms with Crippen LogP contribution in [0.4, 0.5) is 0 Å². The van der Waals surface area contributed by atoms with Gasteiger partial charge in [0.25, 0.3) is 0 Å². The van der Waals surface area contributed by atoms with Gasteiger partial charge in [0.15, 0.2) is 0 Å². The number of fused-ring (bicyclic) bond motifs is 1. The molecule has 4 heterocycles. The molecule has 168 valence electrons. The van der Waals surface area contributed by atoms with Gasteiger partial charge in [-0.2, -0.15) is 0 Å². The van der Waals surface area contributed by atoms with Crippen LogP contribution < -0.4 is 0 Å². The van der Waals surface area contributed by atoms with Crippen molar-refractivity contribution in [3.8, 4) is 0 Å². The topological polar surface area (TPSA) is 46.8 Å². The number of aromatic nitrogens is 2. The molecule has 2 aromatic heterocycles. The van der Waals surface area contributed by atoms with Gasteiger partial charge < -0.3 is 14.0 Å². The van der Waals surface area contributed by atoms with Crippen LogP contribution in [0.1, 0.15) is 43.2 Å². The highest BCUT2D eigenvalue weighted by molar-refractivity contribution is 6.30. The van der Waals surface area contributed by atoms with Crippen LogP contribution in [0.25, 0.3) is 5.65 Å². The van der Waals surface area contributed by atoms with E-state index in [0.29, 0.717) is 24.2 Å². The molecule has 0 N–H and O–H groups in total. The molecule has 5 nitrogen and oxygen atoms in total. The molecule has 0 saturated carbocycles. The first-order chi connectivity index (χ1) is 15.7. The number of pyridine rings is 1. The summed E-state index contributed by atoms with van der Waals surface area (Å²) < 4.78 is 7.73. The molecule has 3 aromatic rings. The lowest BCUT2D eigenvalue weighted by Gasteiger charge is -2.40. The van der Waals surface area contributed by atoms with E-state index in [1.165, 1.54) is 5.56 Å². The average molecular weight is 452 g/mol. The summed E-state index contributed by atoms with van der Waals surface area (Å²) in [7, 11) is 0. The summed E-state index contributed by atoms with van der Waals surface area (Å²) in [6.07, 6.45) is 11.6. The van der Waals surface area contributed by atoms with E-state index in [9.17, 15) is 4.79 Å². The first kappa shape index (κ1) is 21.5. The summed E-state index contributed by atoms with van der Waals surface area (Å²) >= 11 is 6.13. The van der Waals surface area contributed by atoms with Gasteiger partial charge in [-0.25, -0.2) is 4.98 Å². The molecule has 0 aliphatic carbocycles. The molecule has 1 amide bonds. The number of amides is 1. The van der Waals surface area contributed by atoms with Crippen LogP contribution in [0.5, 0.6) is 0 Å². The summed E-state index contributed by atoms with van der Waals surface area (Å²) in [5, 5.41) is 0.702. The zero-order chi connectivity index (χ0) is 22.0. The van der Waals surface area contributed by atoms with Gasteiger partial charge in [0.1, 0.15) is 5.65 Å². The highest BCUT2D eigenvalue weighted by Gasteiger charge is 2.44. The number of carbonyl (C=O) groups is 1. The van der Waals surface area contributed by atoms with Crippen LogP contribution in [-0.4, -0.2) is 46.5 Å². The van der Waals surface area contributed by atoms with E-state index in [0.717, 1.165) is 62.8 Å². The van der Waals surface area contributed by atoms with Crippen LogP contribution in [0.2, 0.25) is 5.02 Å². The van der Waals surface area contributed by atoms with Gasteiger partial charge in [-0.05, 0) is 73.8 Å². The van der Waals surface area contributed by atoms with Crippen molar-refractivity contribution in [2.24, 2.45) is 5.92 Å². The van der Waals surface area contributed by atoms with E-state index in [4.69, 9.17) is 16.3 Å². The number of rotatable bonds is 4. The molecule has 0 bridgehead atoms. The van der Waals surface area contributed by atoms with Crippen molar-refractivity contribution >= 4 is 23.2 Å². The van der Waals surface area contributed by atoms with Gasteiger partial charge in [-0.3, -0.25) is 4.79 Å². The molecular formula is C26H30ClN3O2. The quantitative estimate of drug-likeness (QED) is 0.566. The highest BCUT2D eigenvalue weighted by Crippen LogP contribution is 2.38. The lowest BCUT2D eigenvalue weighted by atomic mass is 9.73. The molecule has 0 unspecified atom stereocenters. The zero-order valence-electron chi connectivity index (χ0n) is 18.4. The monoisotopic (exact) mass is 451 g/mol. The SMILES string of the molecule is O=C(N1CCC[C@@H](Cc2cccn3ccnc23)CC1)C1(c2ccc(Cl)cc2)CCOCC1. The van der Waals surface area contributed by atoms with Gasteiger partial charge >= 0.3 is 0 Å². The Hall–Kier alpha value is -2.37. The second kappa shape index (κ2) is 9.24. The summed E-state index contributed by atoms with van der Waals surface area (Å²) in [4.78, 5) is 20.6. The zero-order valence-corrected chi connectivity index (χ0v) is 19.1. The Kier molecular flexibility index (Phi) is 6.20. The van der Waals surface area contributed by atoms with Crippen LogP contribution in [-0.2, 0) is 21.4 Å². The minimum absolute atomic E-state index is 0.263. The molecule has 1 atom stereocenters. The number of likely N-dealkylation sites (tertiary alicyclic amines) is 1. The maximum atomic E-state index is 13.9. The molecule has 6 heteroatoms. The molecule has 32 heavy (non-hydrogen) atoms. The fourth-order valence-corrected chi connectivity index (χ4v) is 5.59. The van der Waals surface area contributed by atoms with E-state index in [1.54, 1.807) is 0 Å². The Morgan fingerprint density at radius 3 is 2.72 bits per heavy atom. The maximum Gasteiger partial charge on any atom is 0.233 e. The Labute approximate surface area is 194 Å². The molecule has 2 aliphatic rings. The van der Waals surface area contributed by atoms with Gasteiger partial charge in [0, 0.05) is 49.9 Å². The summed E-state index contributed by atoms with van der Waals surface area (Å²) in [6, 6.07) is 12.1. The second-order valence-corrected chi connectivity index (χ2v) is 9.62. The molecule has 0 spiro atoms. The maximum absolute atomic E-state index is 13.9. The fraction of sp³-hybridized carbons (Fsp3) is 0.462. The van der Waals surface area contributed by atoms with Crippen molar-refractivity contribution in [3.63, 3.8) is 0 Å². The summed E-state index contributed by atoms with van der Waals surface area (Å²) in [6.45, 7) is 2.90. The summed E-state index contributed by atoms with van der Waals surface area (Å²) in [5.74, 6) is 0.830. The second-order valence-electron chi connectivity index (χ2n) is 9.19. The lowest BCUT2D eigenvalue weighted by molar-refractivity contribution is -0.141. The van der Waals surface area contributed by atoms with Crippen molar-refractivity contribution in [1.29, 1.82) is 0 Å². The largest absolute Gasteiger partial charge is 0.381 e. The van der Waals surface area contributed by atoms with Gasteiger partial charge in [-0.1, -0.05) is 29.8 Å². The van der Waals surface area contributed by atoms with Crippen LogP contribution >= 0.6 is 11.6 Å². The average Bonchev–Trinajstić information content (AvgIpc) is 3.20. The predicted octanol–water partition coefficient (Wildman–Crippen LogP) is 4.91. The minimum atomic E-state index is -0.496. The van der Waals surface area contributed by atoms with E-state index in [2.05, 4.69) is 26.4 Å². The van der Waals surface area contributed by atoms with Crippen molar-refractivity contribution in [2.45, 2.75) is 43.9 Å². The van der Waals surface area contributed by atoms with Crippen molar-refractivity contribution < 1.29 is 9.53 Å². The number of nitrogens with zero attached hydrogens (tertiary/aromatic N) is 3. The van der Waals surface area contributed by atoms with Crippen molar-refractivity contribution in [2.75, 3.05) is 26.3 Å². The molecule has 1 aromatic carbocycles. The van der Waals surface area contributed by atoms with Gasteiger partial charge in [0.2, 0.25) is 5.91 Å². The number of hydrogen-bond acceptors (Lipinski definition) is 3. The highest BCUT2D eigenvalue weighted by atomic mass is 35.5. The molecule has 2 aliphatic heterocycles. The third-order valence-electron chi connectivity index (χ3n) is 7.30. The number of benzene rings is 1. The van der Waals surface area contributed by atoms with Crippen LogP contribution in [0.15, 0.2) is 55.0 Å². The lowest BCUT2D eigenvalue weighted by Crippen LogP contribution is -2.50. The third kappa shape index (κ3) is 4.16. The Balaban J connectivity index is 1.32. The molecule has 0 radical (unpaired) electrons. The smallest absolute Gasteiger partial charge is 0.233 e. The Morgan fingerprint density at radius 1 is 1.09 bits per heavy atom. The number of imidazole rings is 1. The van der Waals surface area contributed by atoms with E-state index >= 15 is 0 Å². The van der Waals surface area contributed by atoms with Gasteiger partial charge in [0.05, 0.1) is 5.41 Å². The minimum Gasteiger partial charge on any atom is -0.381 e. The Bertz CT molecular complexity index is 1070. The first-order valence-electron chi connectivity index (χ1n) is 11.7. The standard InChI is InChI=1S/C26H30ClN3O2/c27-23-7-5-22(6-8-23)26(10-17-32-18-11-26)25(31)30-14-1-3-20(9-15-30)19-21-4-2-13-29-16-12-28-24(21)29/h2,4-8,12-13,16,20H,1,3,9-11,14-15,17-19H2/t20-/m1/s1. The Morgan fingerprint density at radius 2 is 1.91 bits per heavy atom. The molecular weight excluding hydrogens is 422 g/mol. The number of carbonyl (C=O) groups excluding carboxylic acids is 1. The van der Waals surface area contributed by atoms with Gasteiger partial charge in [-0.15, -0.1) is 0 Å². The third-order valence-corrected chi connectivity index (χ3v) is 7.55. The van der Waals surface area contributed by atoms with E-state index in [-0.39, 0.29) is 5.91 Å².